The van der Waals surface area contributed by atoms with Crippen LogP contribution in [0.1, 0.15) is 28.1 Å². The van der Waals surface area contributed by atoms with Gasteiger partial charge in [0.15, 0.2) is 0 Å². The van der Waals surface area contributed by atoms with Crippen molar-refractivity contribution in [3.05, 3.63) is 64.9 Å². The minimum Gasteiger partial charge on any atom is -0.348 e. The molecule has 1 aromatic carbocycles. The van der Waals surface area contributed by atoms with Gasteiger partial charge in [0, 0.05) is 35.3 Å². The molecule has 7 heteroatoms. The van der Waals surface area contributed by atoms with Crippen molar-refractivity contribution in [3.8, 4) is 5.69 Å². The molecule has 1 aliphatic rings. The van der Waals surface area contributed by atoms with Gasteiger partial charge in [-0.3, -0.25) is 14.3 Å². The molecule has 1 unspecified atom stereocenters. The van der Waals surface area contributed by atoms with Crippen LogP contribution in [0.2, 0.25) is 0 Å². The Morgan fingerprint density at radius 1 is 1.19 bits per heavy atom. The fraction of sp³-hybridized carbons (Fsp3) is 0.316. The summed E-state index contributed by atoms with van der Waals surface area (Å²) in [6.45, 7) is 2.97. The first-order valence-electron chi connectivity index (χ1n) is 8.78. The van der Waals surface area contributed by atoms with Gasteiger partial charge in [-0.15, -0.1) is 21.5 Å². The number of nitrogens with one attached hydrogen (secondary N) is 1. The van der Waals surface area contributed by atoms with Gasteiger partial charge in [-0.1, -0.05) is 6.07 Å². The minimum absolute atomic E-state index is 0.0109. The van der Waals surface area contributed by atoms with E-state index in [2.05, 4.69) is 37.9 Å². The van der Waals surface area contributed by atoms with Gasteiger partial charge in [-0.05, 0) is 55.1 Å². The molecule has 4 rings (SSSR count). The normalized spacial score (nSPS) is 17.9. The highest BCUT2D eigenvalue weighted by atomic mass is 32.1. The molecule has 26 heavy (non-hydrogen) atoms. The van der Waals surface area contributed by atoms with Crippen molar-refractivity contribution >= 4 is 17.2 Å². The molecule has 1 fully saturated rings. The van der Waals surface area contributed by atoms with E-state index in [0.29, 0.717) is 5.56 Å². The number of benzene rings is 1. The first kappa shape index (κ1) is 16.9. The molecule has 0 aliphatic carbocycles. The molecular formula is C19H21N5OS. The van der Waals surface area contributed by atoms with E-state index in [1.807, 2.05) is 28.8 Å². The number of carbonyl (C=O) groups is 1. The number of thiophene rings is 1. The molecule has 1 atom stereocenters. The van der Waals surface area contributed by atoms with E-state index in [4.69, 9.17) is 0 Å². The minimum atomic E-state index is -0.0109. The Labute approximate surface area is 156 Å². The highest BCUT2D eigenvalue weighted by molar-refractivity contribution is 7.09. The lowest BCUT2D eigenvalue weighted by molar-refractivity contribution is 0.0901. The van der Waals surface area contributed by atoms with E-state index in [-0.39, 0.29) is 11.9 Å². The van der Waals surface area contributed by atoms with Crippen LogP contribution in [0.25, 0.3) is 5.69 Å². The predicted molar refractivity (Wildman–Crippen MR) is 101 cm³/mol. The first-order valence-corrected chi connectivity index (χ1v) is 9.66. The number of rotatable bonds is 5. The van der Waals surface area contributed by atoms with Gasteiger partial charge in [-0.25, -0.2) is 0 Å². The van der Waals surface area contributed by atoms with Gasteiger partial charge in [0.05, 0.1) is 0 Å². The zero-order valence-electron chi connectivity index (χ0n) is 14.4. The second-order valence-electron chi connectivity index (χ2n) is 6.54. The molecule has 0 radical (unpaired) electrons. The van der Waals surface area contributed by atoms with E-state index in [1.165, 1.54) is 4.88 Å². The van der Waals surface area contributed by atoms with E-state index >= 15 is 0 Å². The van der Waals surface area contributed by atoms with Gasteiger partial charge in [0.1, 0.15) is 12.7 Å². The molecule has 0 spiro atoms. The van der Waals surface area contributed by atoms with Crippen LogP contribution in [0.3, 0.4) is 0 Å². The first-order chi connectivity index (χ1) is 12.8. The highest BCUT2D eigenvalue weighted by Gasteiger charge is 2.22. The third-order valence-electron chi connectivity index (χ3n) is 4.65. The quantitative estimate of drug-likeness (QED) is 0.753. The maximum absolute atomic E-state index is 12.6. The van der Waals surface area contributed by atoms with Crippen LogP contribution in [0, 0.1) is 0 Å². The molecule has 0 saturated carbocycles. The number of amides is 1. The van der Waals surface area contributed by atoms with Crippen LogP contribution in [-0.4, -0.2) is 44.7 Å². The van der Waals surface area contributed by atoms with Gasteiger partial charge in [-0.2, -0.15) is 0 Å². The molecule has 6 nitrogen and oxygen atoms in total. The van der Waals surface area contributed by atoms with E-state index < -0.39 is 0 Å². The van der Waals surface area contributed by atoms with Crippen LogP contribution in [-0.2, 0) is 6.54 Å². The molecular weight excluding hydrogens is 346 g/mol. The molecule has 2 aromatic heterocycles. The Morgan fingerprint density at radius 2 is 2.00 bits per heavy atom. The molecule has 134 valence electrons. The lowest BCUT2D eigenvalue weighted by Gasteiger charge is -2.32. The maximum Gasteiger partial charge on any atom is 0.251 e. The SMILES string of the molecule is O=C(NC1CCCN(Cc2cccs2)C1)c1ccc(-n2cnnc2)cc1. The summed E-state index contributed by atoms with van der Waals surface area (Å²) < 4.78 is 1.81. The summed E-state index contributed by atoms with van der Waals surface area (Å²) in [4.78, 5) is 16.4. The summed E-state index contributed by atoms with van der Waals surface area (Å²) >= 11 is 1.79. The van der Waals surface area contributed by atoms with Gasteiger partial charge < -0.3 is 5.32 Å². The lowest BCUT2D eigenvalue weighted by Crippen LogP contribution is -2.47. The average Bonchev–Trinajstić information content (AvgIpc) is 3.36. The fourth-order valence-corrected chi connectivity index (χ4v) is 4.07. The van der Waals surface area contributed by atoms with E-state index in [9.17, 15) is 4.79 Å². The van der Waals surface area contributed by atoms with Crippen molar-refractivity contribution in [1.82, 2.24) is 25.0 Å². The Hall–Kier alpha value is -2.51. The van der Waals surface area contributed by atoms with Crippen LogP contribution >= 0.6 is 11.3 Å². The van der Waals surface area contributed by atoms with Crippen molar-refractivity contribution in [2.45, 2.75) is 25.4 Å². The lowest BCUT2D eigenvalue weighted by atomic mass is 10.0. The molecule has 1 aliphatic heterocycles. The Morgan fingerprint density at radius 3 is 2.73 bits per heavy atom. The second kappa shape index (κ2) is 7.80. The smallest absolute Gasteiger partial charge is 0.251 e. The Bertz CT molecular complexity index is 829. The molecule has 3 heterocycles. The molecule has 1 N–H and O–H groups in total. The van der Waals surface area contributed by atoms with Gasteiger partial charge in [0.2, 0.25) is 0 Å². The second-order valence-corrected chi connectivity index (χ2v) is 7.58. The van der Waals surface area contributed by atoms with Crippen LogP contribution in [0.15, 0.2) is 54.4 Å². The number of aromatic nitrogens is 3. The molecule has 1 saturated heterocycles. The standard InChI is InChI=1S/C19H21N5OS/c25-19(15-5-7-17(8-6-15)24-13-20-21-14-24)22-16-3-1-9-23(11-16)12-18-4-2-10-26-18/h2,4-8,10,13-14,16H,1,3,9,11-12H2,(H,22,25). The molecule has 0 bridgehead atoms. The summed E-state index contributed by atoms with van der Waals surface area (Å²) in [5, 5.41) is 12.9. The van der Waals surface area contributed by atoms with Crippen molar-refractivity contribution in [2.75, 3.05) is 13.1 Å². The van der Waals surface area contributed by atoms with Gasteiger partial charge >= 0.3 is 0 Å². The number of piperidine rings is 1. The van der Waals surface area contributed by atoms with E-state index in [1.54, 1.807) is 24.0 Å². The van der Waals surface area contributed by atoms with Crippen molar-refractivity contribution in [3.63, 3.8) is 0 Å². The number of hydrogen-bond acceptors (Lipinski definition) is 5. The number of hydrogen-bond donors (Lipinski definition) is 1. The highest BCUT2D eigenvalue weighted by Crippen LogP contribution is 2.17. The molecule has 1 amide bonds. The van der Waals surface area contributed by atoms with Crippen LogP contribution < -0.4 is 5.32 Å². The van der Waals surface area contributed by atoms with E-state index in [0.717, 1.165) is 38.2 Å². The van der Waals surface area contributed by atoms with Crippen molar-refractivity contribution in [1.29, 1.82) is 0 Å². The number of likely N-dealkylation sites (tertiary alicyclic amines) is 1. The van der Waals surface area contributed by atoms with Gasteiger partial charge in [0.25, 0.3) is 5.91 Å². The maximum atomic E-state index is 12.6. The van der Waals surface area contributed by atoms with Crippen molar-refractivity contribution < 1.29 is 4.79 Å². The third-order valence-corrected chi connectivity index (χ3v) is 5.51. The number of nitrogens with zero attached hydrogens (tertiary/aromatic N) is 4. The Kier molecular flexibility index (Phi) is 5.08. The summed E-state index contributed by atoms with van der Waals surface area (Å²) in [5.41, 5.74) is 1.61. The fourth-order valence-electron chi connectivity index (χ4n) is 3.33. The summed E-state index contributed by atoms with van der Waals surface area (Å²) in [6, 6.07) is 12.0. The number of carbonyl (C=O) groups excluding carboxylic acids is 1. The third kappa shape index (κ3) is 4.00. The van der Waals surface area contributed by atoms with Crippen LogP contribution in [0.4, 0.5) is 0 Å². The predicted octanol–water partition coefficient (Wildman–Crippen LogP) is 2.72. The largest absolute Gasteiger partial charge is 0.348 e. The zero-order chi connectivity index (χ0) is 17.8. The molecule has 3 aromatic rings. The monoisotopic (exact) mass is 367 g/mol. The summed E-state index contributed by atoms with van der Waals surface area (Å²) in [5.74, 6) is -0.0109. The summed E-state index contributed by atoms with van der Waals surface area (Å²) in [6.07, 6.45) is 5.42. The van der Waals surface area contributed by atoms with Crippen LogP contribution in [0.5, 0.6) is 0 Å². The Balaban J connectivity index is 1.35. The average molecular weight is 367 g/mol. The summed E-state index contributed by atoms with van der Waals surface area (Å²) in [7, 11) is 0. The zero-order valence-corrected chi connectivity index (χ0v) is 15.2. The van der Waals surface area contributed by atoms with Crippen molar-refractivity contribution in [2.24, 2.45) is 0 Å². The topological polar surface area (TPSA) is 63.1 Å².